The van der Waals surface area contributed by atoms with Gasteiger partial charge >= 0.3 is 0 Å². The molecule has 0 aliphatic heterocycles. The van der Waals surface area contributed by atoms with E-state index >= 15 is 0 Å². The second-order valence-corrected chi connectivity index (χ2v) is 4.33. The van der Waals surface area contributed by atoms with Crippen molar-refractivity contribution in [3.63, 3.8) is 0 Å². The van der Waals surface area contributed by atoms with Gasteiger partial charge in [0.15, 0.2) is 0 Å². The molecule has 0 atom stereocenters. The van der Waals surface area contributed by atoms with Crippen molar-refractivity contribution in [3.05, 3.63) is 33.9 Å². The molecule has 18 heavy (non-hydrogen) atoms. The summed E-state index contributed by atoms with van der Waals surface area (Å²) in [5, 5.41) is 10.8. The number of benzene rings is 1. The fourth-order valence-electron chi connectivity index (χ4n) is 1.87. The number of para-hydroxylation sites is 1. The molecule has 2 N–H and O–H groups in total. The molecule has 5 heteroatoms. The molecule has 1 rings (SSSR count). The van der Waals surface area contributed by atoms with E-state index in [4.69, 9.17) is 5.73 Å². The molecule has 0 aliphatic carbocycles. The number of nitrogen functional groups attached to an aromatic ring is 1. The van der Waals surface area contributed by atoms with Crippen LogP contribution < -0.4 is 5.73 Å². The molecular formula is C13H21N3O2. The minimum absolute atomic E-state index is 0.000885. The summed E-state index contributed by atoms with van der Waals surface area (Å²) in [7, 11) is 0. The topological polar surface area (TPSA) is 72.4 Å². The average Bonchev–Trinajstić information content (AvgIpc) is 2.36. The van der Waals surface area contributed by atoms with E-state index in [2.05, 4.69) is 18.7 Å². The van der Waals surface area contributed by atoms with E-state index in [-0.39, 0.29) is 11.4 Å². The Hall–Kier alpha value is -1.62. The van der Waals surface area contributed by atoms with Gasteiger partial charge in [0.1, 0.15) is 5.69 Å². The summed E-state index contributed by atoms with van der Waals surface area (Å²) in [5.74, 6) is 0. The molecule has 0 saturated heterocycles. The van der Waals surface area contributed by atoms with Crippen LogP contribution in [0, 0.1) is 10.1 Å². The van der Waals surface area contributed by atoms with Gasteiger partial charge in [-0.15, -0.1) is 0 Å². The first-order chi connectivity index (χ1) is 8.60. The van der Waals surface area contributed by atoms with Crippen molar-refractivity contribution in [1.29, 1.82) is 0 Å². The zero-order valence-electron chi connectivity index (χ0n) is 11.1. The predicted molar refractivity (Wildman–Crippen MR) is 73.4 cm³/mol. The van der Waals surface area contributed by atoms with Crippen LogP contribution in [0.5, 0.6) is 0 Å². The summed E-state index contributed by atoms with van der Waals surface area (Å²) in [5.41, 5.74) is 6.97. The Morgan fingerprint density at radius 2 is 2.11 bits per heavy atom. The minimum Gasteiger partial charge on any atom is -0.393 e. The van der Waals surface area contributed by atoms with Gasteiger partial charge in [0.05, 0.1) is 4.92 Å². The molecule has 0 aromatic heterocycles. The second kappa shape index (κ2) is 6.96. The number of rotatable bonds is 7. The molecule has 0 amide bonds. The maximum Gasteiger partial charge on any atom is 0.292 e. The van der Waals surface area contributed by atoms with Gasteiger partial charge in [-0.2, -0.15) is 0 Å². The van der Waals surface area contributed by atoms with Crippen molar-refractivity contribution in [2.45, 2.75) is 33.2 Å². The van der Waals surface area contributed by atoms with Crippen LogP contribution >= 0.6 is 0 Å². The summed E-state index contributed by atoms with van der Waals surface area (Å²) < 4.78 is 0. The van der Waals surface area contributed by atoms with E-state index in [1.807, 2.05) is 6.07 Å². The van der Waals surface area contributed by atoms with Gasteiger partial charge in [0.25, 0.3) is 5.69 Å². The van der Waals surface area contributed by atoms with Gasteiger partial charge in [-0.3, -0.25) is 15.0 Å². The summed E-state index contributed by atoms with van der Waals surface area (Å²) in [4.78, 5) is 12.6. The number of anilines is 1. The van der Waals surface area contributed by atoms with E-state index in [1.54, 1.807) is 6.07 Å². The monoisotopic (exact) mass is 251 g/mol. The Bertz CT molecular complexity index is 407. The first kappa shape index (κ1) is 14.4. The molecule has 1 aromatic carbocycles. The van der Waals surface area contributed by atoms with Crippen LogP contribution in [0.3, 0.4) is 0 Å². The zero-order chi connectivity index (χ0) is 13.5. The highest BCUT2D eigenvalue weighted by molar-refractivity contribution is 5.62. The van der Waals surface area contributed by atoms with Crippen LogP contribution in [0.1, 0.15) is 32.3 Å². The average molecular weight is 251 g/mol. The highest BCUT2D eigenvalue weighted by atomic mass is 16.6. The maximum absolute atomic E-state index is 10.8. The number of unbranched alkanes of at least 4 members (excludes halogenated alkanes) is 1. The first-order valence-electron chi connectivity index (χ1n) is 6.34. The molecule has 0 unspecified atom stereocenters. The lowest BCUT2D eigenvalue weighted by Gasteiger charge is -2.20. The Kier molecular flexibility index (Phi) is 5.58. The number of hydrogen-bond acceptors (Lipinski definition) is 4. The van der Waals surface area contributed by atoms with Crippen molar-refractivity contribution in [1.82, 2.24) is 4.90 Å². The van der Waals surface area contributed by atoms with Gasteiger partial charge in [0, 0.05) is 12.6 Å². The zero-order valence-corrected chi connectivity index (χ0v) is 11.1. The Morgan fingerprint density at radius 3 is 2.67 bits per heavy atom. The van der Waals surface area contributed by atoms with E-state index in [1.165, 1.54) is 6.07 Å². The fourth-order valence-corrected chi connectivity index (χ4v) is 1.87. The fraction of sp³-hybridized carbons (Fsp3) is 0.538. The van der Waals surface area contributed by atoms with Crippen LogP contribution in [-0.4, -0.2) is 22.9 Å². The lowest BCUT2D eigenvalue weighted by Crippen LogP contribution is -2.24. The molecule has 0 fully saturated rings. The van der Waals surface area contributed by atoms with E-state index in [0.717, 1.165) is 31.5 Å². The summed E-state index contributed by atoms with van der Waals surface area (Å²) >= 11 is 0. The van der Waals surface area contributed by atoms with Gasteiger partial charge in [-0.25, -0.2) is 0 Å². The predicted octanol–water partition coefficient (Wildman–Crippen LogP) is 2.80. The van der Waals surface area contributed by atoms with Crippen LogP contribution in [0.2, 0.25) is 0 Å². The summed E-state index contributed by atoms with van der Waals surface area (Å²) in [6.07, 6.45) is 2.27. The molecule has 0 bridgehead atoms. The van der Waals surface area contributed by atoms with Gasteiger partial charge in [-0.05, 0) is 25.1 Å². The van der Waals surface area contributed by atoms with E-state index in [0.29, 0.717) is 6.54 Å². The lowest BCUT2D eigenvalue weighted by molar-refractivity contribution is -0.384. The molecule has 5 nitrogen and oxygen atoms in total. The lowest BCUT2D eigenvalue weighted by atomic mass is 10.1. The number of nitro groups is 1. The van der Waals surface area contributed by atoms with Crippen LogP contribution in [0.4, 0.5) is 11.4 Å². The molecule has 100 valence electrons. The van der Waals surface area contributed by atoms with Gasteiger partial charge < -0.3 is 5.73 Å². The van der Waals surface area contributed by atoms with E-state index in [9.17, 15) is 10.1 Å². The summed E-state index contributed by atoms with van der Waals surface area (Å²) in [6.45, 7) is 6.82. The summed E-state index contributed by atoms with van der Waals surface area (Å²) in [6, 6.07) is 5.00. The van der Waals surface area contributed by atoms with Crippen LogP contribution in [0.25, 0.3) is 0 Å². The second-order valence-electron chi connectivity index (χ2n) is 4.33. The smallest absolute Gasteiger partial charge is 0.292 e. The van der Waals surface area contributed by atoms with Crippen molar-refractivity contribution < 1.29 is 4.92 Å². The minimum atomic E-state index is -0.429. The third kappa shape index (κ3) is 3.70. The molecule has 0 saturated carbocycles. The van der Waals surface area contributed by atoms with Crippen molar-refractivity contribution in [2.75, 3.05) is 18.8 Å². The maximum atomic E-state index is 10.8. The molecule has 0 heterocycles. The highest BCUT2D eigenvalue weighted by Gasteiger charge is 2.15. The highest BCUT2D eigenvalue weighted by Crippen LogP contribution is 2.25. The van der Waals surface area contributed by atoms with Gasteiger partial charge in [0.2, 0.25) is 0 Å². The number of hydrogen-bond donors (Lipinski definition) is 1. The Balaban J connectivity index is 2.83. The Morgan fingerprint density at radius 1 is 1.39 bits per heavy atom. The van der Waals surface area contributed by atoms with Crippen molar-refractivity contribution >= 4 is 11.4 Å². The SMILES string of the molecule is CCCCN(CC)Cc1cccc([N+](=O)[O-])c1N. The van der Waals surface area contributed by atoms with Crippen LogP contribution in [0.15, 0.2) is 18.2 Å². The quantitative estimate of drug-likeness (QED) is 0.459. The molecule has 0 aliphatic rings. The largest absolute Gasteiger partial charge is 0.393 e. The Labute approximate surface area is 108 Å². The number of nitrogens with zero attached hydrogens (tertiary/aromatic N) is 2. The number of nitro benzene ring substituents is 1. The van der Waals surface area contributed by atoms with Crippen molar-refractivity contribution in [3.8, 4) is 0 Å². The van der Waals surface area contributed by atoms with E-state index < -0.39 is 4.92 Å². The standard InChI is InChI=1S/C13H21N3O2/c1-3-5-9-15(4-2)10-11-7-6-8-12(13(11)14)16(17)18/h6-8H,3-5,9-10,14H2,1-2H3. The number of nitrogens with two attached hydrogens (primary N) is 1. The normalized spacial score (nSPS) is 10.8. The van der Waals surface area contributed by atoms with Gasteiger partial charge in [-0.1, -0.05) is 32.4 Å². The third-order valence-corrected chi connectivity index (χ3v) is 3.04. The van der Waals surface area contributed by atoms with Crippen LogP contribution in [-0.2, 0) is 6.54 Å². The van der Waals surface area contributed by atoms with Crippen molar-refractivity contribution in [2.24, 2.45) is 0 Å². The molecule has 0 spiro atoms. The molecule has 1 aromatic rings. The molecular weight excluding hydrogens is 230 g/mol. The first-order valence-corrected chi connectivity index (χ1v) is 6.34. The molecule has 0 radical (unpaired) electrons. The third-order valence-electron chi connectivity index (χ3n) is 3.04.